The standard InChI is InChI=1S/C15H14N2OS/c16-14(9-5-6-9)15-17-11(8-19-15)13-7-10-3-1-2-4-12(10)18-13/h1-4,7-9,14H,5-6,16H2. The van der Waals surface area contributed by atoms with Gasteiger partial charge in [0, 0.05) is 10.8 Å². The fraction of sp³-hybridized carbons (Fsp3) is 0.267. The summed E-state index contributed by atoms with van der Waals surface area (Å²) in [4.78, 5) is 4.64. The van der Waals surface area contributed by atoms with Crippen molar-refractivity contribution in [1.29, 1.82) is 0 Å². The van der Waals surface area contributed by atoms with E-state index in [1.54, 1.807) is 11.3 Å². The third-order valence-electron chi connectivity index (χ3n) is 3.61. The third kappa shape index (κ3) is 1.97. The van der Waals surface area contributed by atoms with Crippen LogP contribution in [0.2, 0.25) is 0 Å². The number of fused-ring (bicyclic) bond motifs is 1. The van der Waals surface area contributed by atoms with Gasteiger partial charge in [0.25, 0.3) is 0 Å². The molecule has 2 aromatic heterocycles. The number of nitrogens with zero attached hydrogens (tertiary/aromatic N) is 1. The van der Waals surface area contributed by atoms with E-state index in [-0.39, 0.29) is 6.04 Å². The monoisotopic (exact) mass is 270 g/mol. The van der Waals surface area contributed by atoms with Crippen molar-refractivity contribution in [2.45, 2.75) is 18.9 Å². The molecule has 1 aliphatic rings. The number of furan rings is 1. The van der Waals surface area contributed by atoms with E-state index in [4.69, 9.17) is 10.2 Å². The molecule has 0 spiro atoms. The smallest absolute Gasteiger partial charge is 0.154 e. The molecule has 0 bridgehead atoms. The Hall–Kier alpha value is -1.65. The number of para-hydroxylation sites is 1. The van der Waals surface area contributed by atoms with Crippen LogP contribution in [-0.4, -0.2) is 4.98 Å². The van der Waals surface area contributed by atoms with Gasteiger partial charge in [-0.1, -0.05) is 18.2 Å². The van der Waals surface area contributed by atoms with Gasteiger partial charge in [-0.05, 0) is 30.9 Å². The number of thiazole rings is 1. The molecule has 0 aliphatic heterocycles. The van der Waals surface area contributed by atoms with Crippen molar-refractivity contribution in [3.63, 3.8) is 0 Å². The van der Waals surface area contributed by atoms with Crippen LogP contribution in [0.1, 0.15) is 23.9 Å². The molecule has 1 fully saturated rings. The molecule has 1 aromatic carbocycles. The van der Waals surface area contributed by atoms with Crippen LogP contribution >= 0.6 is 11.3 Å². The molecule has 0 amide bonds. The van der Waals surface area contributed by atoms with Gasteiger partial charge in [0.05, 0.1) is 6.04 Å². The Bertz CT molecular complexity index is 693. The summed E-state index contributed by atoms with van der Waals surface area (Å²) in [7, 11) is 0. The summed E-state index contributed by atoms with van der Waals surface area (Å²) in [5.74, 6) is 1.46. The van der Waals surface area contributed by atoms with Crippen molar-refractivity contribution in [3.8, 4) is 11.5 Å². The number of aromatic nitrogens is 1. The summed E-state index contributed by atoms with van der Waals surface area (Å²) in [5.41, 5.74) is 7.98. The summed E-state index contributed by atoms with van der Waals surface area (Å²) >= 11 is 1.63. The molecule has 0 radical (unpaired) electrons. The van der Waals surface area contributed by atoms with Crippen molar-refractivity contribution in [2.24, 2.45) is 11.7 Å². The fourth-order valence-corrected chi connectivity index (χ4v) is 3.22. The van der Waals surface area contributed by atoms with Gasteiger partial charge in [0.2, 0.25) is 0 Å². The van der Waals surface area contributed by atoms with E-state index in [1.165, 1.54) is 12.8 Å². The van der Waals surface area contributed by atoms with Crippen molar-refractivity contribution in [3.05, 3.63) is 40.7 Å². The minimum Gasteiger partial charge on any atom is -0.454 e. The zero-order valence-electron chi connectivity index (χ0n) is 10.4. The van der Waals surface area contributed by atoms with Crippen LogP contribution < -0.4 is 5.73 Å². The van der Waals surface area contributed by atoms with Gasteiger partial charge in [-0.15, -0.1) is 11.3 Å². The summed E-state index contributed by atoms with van der Waals surface area (Å²) in [6.45, 7) is 0. The normalized spacial score (nSPS) is 16.9. The van der Waals surface area contributed by atoms with E-state index in [0.29, 0.717) is 5.92 Å². The Morgan fingerprint density at radius 1 is 1.32 bits per heavy atom. The lowest BCUT2D eigenvalue weighted by Gasteiger charge is -2.04. The first kappa shape index (κ1) is 11.2. The molecular formula is C15H14N2OS. The number of rotatable bonds is 3. The van der Waals surface area contributed by atoms with Crippen LogP contribution in [0, 0.1) is 5.92 Å². The van der Waals surface area contributed by atoms with Crippen molar-refractivity contribution in [1.82, 2.24) is 4.98 Å². The molecule has 19 heavy (non-hydrogen) atoms. The molecule has 2 heterocycles. The Morgan fingerprint density at radius 2 is 2.16 bits per heavy atom. The maximum atomic E-state index is 6.18. The SMILES string of the molecule is NC(c1nc(-c2cc3ccccc3o2)cs1)C1CC1. The van der Waals surface area contributed by atoms with Crippen molar-refractivity contribution < 1.29 is 4.42 Å². The molecule has 3 nitrogen and oxygen atoms in total. The van der Waals surface area contributed by atoms with Crippen LogP contribution in [0.25, 0.3) is 22.4 Å². The van der Waals surface area contributed by atoms with Gasteiger partial charge in [0.15, 0.2) is 5.76 Å². The summed E-state index contributed by atoms with van der Waals surface area (Å²) < 4.78 is 5.83. The Balaban J connectivity index is 1.71. The largest absolute Gasteiger partial charge is 0.454 e. The Kier molecular flexibility index (Phi) is 2.47. The van der Waals surface area contributed by atoms with Crippen LogP contribution in [-0.2, 0) is 0 Å². The minimum absolute atomic E-state index is 0.100. The second kappa shape index (κ2) is 4.18. The molecule has 1 unspecified atom stereocenters. The second-order valence-electron chi connectivity index (χ2n) is 5.08. The molecule has 1 aliphatic carbocycles. The molecule has 1 atom stereocenters. The molecule has 4 rings (SSSR count). The molecule has 2 N–H and O–H groups in total. The minimum atomic E-state index is 0.100. The van der Waals surface area contributed by atoms with Gasteiger partial charge < -0.3 is 10.2 Å². The molecular weight excluding hydrogens is 256 g/mol. The quantitative estimate of drug-likeness (QED) is 0.783. The maximum Gasteiger partial charge on any atom is 0.154 e. The fourth-order valence-electron chi connectivity index (χ4n) is 2.32. The van der Waals surface area contributed by atoms with Gasteiger partial charge in [-0.2, -0.15) is 0 Å². The summed E-state index contributed by atoms with van der Waals surface area (Å²) in [6, 6.07) is 10.1. The predicted molar refractivity (Wildman–Crippen MR) is 77.0 cm³/mol. The van der Waals surface area contributed by atoms with E-state index in [2.05, 4.69) is 4.98 Å². The highest BCUT2D eigenvalue weighted by atomic mass is 32.1. The number of nitrogens with two attached hydrogens (primary N) is 1. The summed E-state index contributed by atoms with van der Waals surface area (Å²) in [6.07, 6.45) is 2.47. The van der Waals surface area contributed by atoms with E-state index < -0.39 is 0 Å². The van der Waals surface area contributed by atoms with Crippen molar-refractivity contribution >= 4 is 22.3 Å². The van der Waals surface area contributed by atoms with E-state index >= 15 is 0 Å². The van der Waals surface area contributed by atoms with Crippen LogP contribution in [0.5, 0.6) is 0 Å². The van der Waals surface area contributed by atoms with Crippen LogP contribution in [0.15, 0.2) is 40.1 Å². The number of hydrogen-bond donors (Lipinski definition) is 1. The van der Waals surface area contributed by atoms with E-state index in [1.807, 2.05) is 35.7 Å². The zero-order valence-corrected chi connectivity index (χ0v) is 11.2. The van der Waals surface area contributed by atoms with Crippen LogP contribution in [0.3, 0.4) is 0 Å². The average molecular weight is 270 g/mol. The molecule has 1 saturated carbocycles. The van der Waals surface area contributed by atoms with Gasteiger partial charge in [-0.25, -0.2) is 4.98 Å². The van der Waals surface area contributed by atoms with E-state index in [0.717, 1.165) is 27.4 Å². The van der Waals surface area contributed by atoms with Gasteiger partial charge >= 0.3 is 0 Å². The highest BCUT2D eigenvalue weighted by Crippen LogP contribution is 2.41. The molecule has 3 aromatic rings. The molecule has 4 heteroatoms. The first-order valence-corrected chi connectivity index (χ1v) is 7.39. The number of benzene rings is 1. The zero-order chi connectivity index (χ0) is 12.8. The predicted octanol–water partition coefficient (Wildman–Crippen LogP) is 3.97. The third-order valence-corrected chi connectivity index (χ3v) is 4.56. The van der Waals surface area contributed by atoms with Gasteiger partial charge in [-0.3, -0.25) is 0 Å². The van der Waals surface area contributed by atoms with Gasteiger partial charge in [0.1, 0.15) is 16.3 Å². The first-order valence-electron chi connectivity index (χ1n) is 6.51. The highest BCUT2D eigenvalue weighted by Gasteiger charge is 2.31. The summed E-state index contributed by atoms with van der Waals surface area (Å²) in [5, 5.41) is 4.17. The Morgan fingerprint density at radius 3 is 2.95 bits per heavy atom. The van der Waals surface area contributed by atoms with E-state index in [9.17, 15) is 0 Å². The van der Waals surface area contributed by atoms with Crippen LogP contribution in [0.4, 0.5) is 0 Å². The van der Waals surface area contributed by atoms with Crippen molar-refractivity contribution in [2.75, 3.05) is 0 Å². The molecule has 0 saturated heterocycles. The average Bonchev–Trinajstić information content (AvgIpc) is 3.01. The lowest BCUT2D eigenvalue weighted by molar-refractivity contribution is 0.618. The highest BCUT2D eigenvalue weighted by molar-refractivity contribution is 7.10. The first-order chi connectivity index (χ1) is 9.31. The lowest BCUT2D eigenvalue weighted by Crippen LogP contribution is -2.11. The Labute approximate surface area is 115 Å². The lowest BCUT2D eigenvalue weighted by atomic mass is 10.2. The number of hydrogen-bond acceptors (Lipinski definition) is 4. The maximum absolute atomic E-state index is 6.18. The molecule has 96 valence electrons. The second-order valence-corrected chi connectivity index (χ2v) is 5.97. The topological polar surface area (TPSA) is 52.0 Å².